The van der Waals surface area contributed by atoms with Crippen LogP contribution in [-0.4, -0.2) is 13.2 Å². The van der Waals surface area contributed by atoms with Gasteiger partial charge in [-0.25, -0.2) is 0 Å². The van der Waals surface area contributed by atoms with E-state index in [1.165, 1.54) is 30.4 Å². The third kappa shape index (κ3) is 3.35. The highest BCUT2D eigenvalue weighted by atomic mass is 16.5. The van der Waals surface area contributed by atoms with E-state index in [2.05, 4.69) is 18.2 Å². The van der Waals surface area contributed by atoms with Crippen LogP contribution in [0.25, 0.3) is 0 Å². The number of ether oxygens (including phenoxy) is 2. The second-order valence-electron chi connectivity index (χ2n) is 5.84. The number of hydrogen-bond donors (Lipinski definition) is 1. The van der Waals surface area contributed by atoms with Gasteiger partial charge in [-0.05, 0) is 67.5 Å². The molecule has 0 fully saturated rings. The van der Waals surface area contributed by atoms with Crippen LogP contribution in [0.4, 0.5) is 5.69 Å². The van der Waals surface area contributed by atoms with Gasteiger partial charge in [-0.15, -0.1) is 0 Å². The molecule has 2 N–H and O–H groups in total. The molecule has 0 aliphatic heterocycles. The van der Waals surface area contributed by atoms with Crippen molar-refractivity contribution in [3.8, 4) is 11.5 Å². The summed E-state index contributed by atoms with van der Waals surface area (Å²) in [7, 11) is 0. The quantitative estimate of drug-likeness (QED) is 0.672. The van der Waals surface area contributed by atoms with E-state index in [0.29, 0.717) is 18.9 Å². The predicted molar refractivity (Wildman–Crippen MR) is 89.7 cm³/mol. The smallest absolute Gasteiger partial charge is 0.142 e. The van der Waals surface area contributed by atoms with E-state index in [-0.39, 0.29) is 0 Å². The molecule has 0 atom stereocenters. The van der Waals surface area contributed by atoms with Gasteiger partial charge in [0.2, 0.25) is 0 Å². The fourth-order valence-corrected chi connectivity index (χ4v) is 2.95. The van der Waals surface area contributed by atoms with E-state index in [9.17, 15) is 0 Å². The Bertz CT molecular complexity index is 652. The van der Waals surface area contributed by atoms with Crippen molar-refractivity contribution in [2.24, 2.45) is 0 Å². The highest BCUT2D eigenvalue weighted by molar-refractivity contribution is 5.53. The molecule has 22 heavy (non-hydrogen) atoms. The fourth-order valence-electron chi connectivity index (χ4n) is 2.95. The molecular formula is C19H23NO2. The Balaban J connectivity index is 1.56. The van der Waals surface area contributed by atoms with E-state index in [0.717, 1.165) is 23.5 Å². The molecule has 116 valence electrons. The minimum Gasteiger partial charge on any atom is -0.490 e. The Kier molecular flexibility index (Phi) is 4.52. The van der Waals surface area contributed by atoms with Gasteiger partial charge in [0.15, 0.2) is 0 Å². The molecule has 0 saturated carbocycles. The Morgan fingerprint density at radius 3 is 2.59 bits per heavy atom. The largest absolute Gasteiger partial charge is 0.490 e. The second-order valence-corrected chi connectivity index (χ2v) is 5.84. The maximum Gasteiger partial charge on any atom is 0.142 e. The summed E-state index contributed by atoms with van der Waals surface area (Å²) in [5.74, 6) is 1.75. The first-order chi connectivity index (χ1) is 10.7. The highest BCUT2D eigenvalue weighted by Gasteiger charge is 2.13. The first kappa shape index (κ1) is 14.8. The molecule has 3 rings (SSSR count). The van der Waals surface area contributed by atoms with E-state index < -0.39 is 0 Å². The molecule has 0 heterocycles. The Morgan fingerprint density at radius 2 is 1.73 bits per heavy atom. The molecule has 0 spiro atoms. The molecule has 0 radical (unpaired) electrons. The lowest BCUT2D eigenvalue weighted by molar-refractivity contribution is 0.216. The topological polar surface area (TPSA) is 44.5 Å². The number of aryl methyl sites for hydroxylation is 2. The number of rotatable bonds is 5. The van der Waals surface area contributed by atoms with Crippen molar-refractivity contribution < 1.29 is 9.47 Å². The minimum atomic E-state index is 0.497. The van der Waals surface area contributed by atoms with Gasteiger partial charge >= 0.3 is 0 Å². The molecule has 3 nitrogen and oxygen atoms in total. The van der Waals surface area contributed by atoms with Gasteiger partial charge in [-0.3, -0.25) is 0 Å². The number of fused-ring (bicyclic) bond motifs is 1. The summed E-state index contributed by atoms with van der Waals surface area (Å²) < 4.78 is 11.7. The predicted octanol–water partition coefficient (Wildman–Crippen LogP) is 3.91. The molecule has 1 aliphatic rings. The van der Waals surface area contributed by atoms with Crippen molar-refractivity contribution in [2.45, 2.75) is 32.6 Å². The van der Waals surface area contributed by atoms with E-state index in [1.807, 2.05) is 25.1 Å². The third-order valence-corrected chi connectivity index (χ3v) is 4.12. The van der Waals surface area contributed by atoms with Gasteiger partial charge in [-0.1, -0.05) is 18.2 Å². The van der Waals surface area contributed by atoms with Gasteiger partial charge in [0.25, 0.3) is 0 Å². The van der Waals surface area contributed by atoms with Crippen molar-refractivity contribution in [3.05, 3.63) is 53.1 Å². The molecule has 2 aromatic rings. The third-order valence-electron chi connectivity index (χ3n) is 4.12. The molecule has 0 aromatic heterocycles. The Morgan fingerprint density at radius 1 is 0.955 bits per heavy atom. The lowest BCUT2D eigenvalue weighted by Crippen LogP contribution is -2.12. The fraction of sp³-hybridized carbons (Fsp3) is 0.368. The molecule has 2 aromatic carbocycles. The van der Waals surface area contributed by atoms with Crippen LogP contribution >= 0.6 is 0 Å². The van der Waals surface area contributed by atoms with Crippen LogP contribution in [0.15, 0.2) is 36.4 Å². The number of hydrogen-bond acceptors (Lipinski definition) is 3. The summed E-state index contributed by atoms with van der Waals surface area (Å²) in [6, 6.07) is 12.2. The molecule has 0 bridgehead atoms. The Labute approximate surface area is 132 Å². The van der Waals surface area contributed by atoms with E-state index in [1.54, 1.807) is 0 Å². The van der Waals surface area contributed by atoms with Crippen molar-refractivity contribution in [2.75, 3.05) is 18.9 Å². The van der Waals surface area contributed by atoms with Crippen LogP contribution in [0.5, 0.6) is 11.5 Å². The number of benzene rings is 2. The monoisotopic (exact) mass is 297 g/mol. The zero-order valence-electron chi connectivity index (χ0n) is 13.1. The summed E-state index contributed by atoms with van der Waals surface area (Å²) in [5.41, 5.74) is 10.5. The first-order valence-corrected chi connectivity index (χ1v) is 7.96. The lowest BCUT2D eigenvalue weighted by atomic mass is 9.91. The first-order valence-electron chi connectivity index (χ1n) is 7.96. The van der Waals surface area contributed by atoms with Crippen LogP contribution in [0.2, 0.25) is 0 Å². The average molecular weight is 297 g/mol. The molecule has 3 heteroatoms. The normalized spacial score (nSPS) is 13.5. The van der Waals surface area contributed by atoms with Crippen LogP contribution in [0, 0.1) is 6.92 Å². The van der Waals surface area contributed by atoms with Gasteiger partial charge < -0.3 is 15.2 Å². The second kappa shape index (κ2) is 6.73. The summed E-state index contributed by atoms with van der Waals surface area (Å²) in [5, 5.41) is 0. The maximum atomic E-state index is 5.93. The van der Waals surface area contributed by atoms with Crippen LogP contribution in [0.3, 0.4) is 0 Å². The number of anilines is 1. The van der Waals surface area contributed by atoms with Crippen LogP contribution < -0.4 is 15.2 Å². The summed E-state index contributed by atoms with van der Waals surface area (Å²) in [6.07, 6.45) is 4.83. The van der Waals surface area contributed by atoms with Crippen LogP contribution in [-0.2, 0) is 12.8 Å². The molecule has 0 unspecified atom stereocenters. The number of nitrogens with two attached hydrogens (primary N) is 1. The summed E-state index contributed by atoms with van der Waals surface area (Å²) in [6.45, 7) is 3.06. The van der Waals surface area contributed by atoms with Gasteiger partial charge in [-0.2, -0.15) is 0 Å². The van der Waals surface area contributed by atoms with Crippen molar-refractivity contribution >= 4 is 5.69 Å². The molecule has 0 amide bonds. The van der Waals surface area contributed by atoms with Crippen molar-refractivity contribution in [1.82, 2.24) is 0 Å². The summed E-state index contributed by atoms with van der Waals surface area (Å²) in [4.78, 5) is 0. The van der Waals surface area contributed by atoms with Gasteiger partial charge in [0.1, 0.15) is 24.7 Å². The van der Waals surface area contributed by atoms with Crippen molar-refractivity contribution in [1.29, 1.82) is 0 Å². The standard InChI is InChI=1S/C19H23NO2/c1-14-9-10-17(20)19(13-14)22-12-11-21-18-8-4-6-15-5-2-3-7-16(15)18/h4,6,8-10,13H,2-3,5,7,11-12,20H2,1H3. The van der Waals surface area contributed by atoms with Gasteiger partial charge in [0.05, 0.1) is 5.69 Å². The zero-order valence-corrected chi connectivity index (χ0v) is 13.1. The maximum absolute atomic E-state index is 5.93. The minimum absolute atomic E-state index is 0.497. The van der Waals surface area contributed by atoms with E-state index in [4.69, 9.17) is 15.2 Å². The van der Waals surface area contributed by atoms with E-state index >= 15 is 0 Å². The van der Waals surface area contributed by atoms with Gasteiger partial charge in [0, 0.05) is 0 Å². The zero-order chi connectivity index (χ0) is 15.4. The highest BCUT2D eigenvalue weighted by Crippen LogP contribution is 2.29. The SMILES string of the molecule is Cc1ccc(N)c(OCCOc2cccc3c2CCCC3)c1. The molecular weight excluding hydrogens is 274 g/mol. The average Bonchev–Trinajstić information content (AvgIpc) is 2.54. The lowest BCUT2D eigenvalue weighted by Gasteiger charge is -2.19. The Hall–Kier alpha value is -2.16. The molecule has 1 aliphatic carbocycles. The molecule has 0 saturated heterocycles. The number of nitrogen functional groups attached to an aromatic ring is 1. The van der Waals surface area contributed by atoms with Crippen molar-refractivity contribution in [3.63, 3.8) is 0 Å². The summed E-state index contributed by atoms with van der Waals surface area (Å²) >= 11 is 0. The van der Waals surface area contributed by atoms with Crippen LogP contribution in [0.1, 0.15) is 29.5 Å².